The van der Waals surface area contributed by atoms with Crippen molar-refractivity contribution in [1.29, 1.82) is 0 Å². The van der Waals surface area contributed by atoms with Gasteiger partial charge in [-0.3, -0.25) is 9.89 Å². The van der Waals surface area contributed by atoms with Crippen LogP contribution < -0.4 is 0 Å². The summed E-state index contributed by atoms with van der Waals surface area (Å²) >= 11 is 6.38. The SMILES string of the molecule is COC(=O)CCc1ccccc1-c1c(Cl)ccc2[nH]nnc12. The summed E-state index contributed by atoms with van der Waals surface area (Å²) in [5.74, 6) is -0.236. The van der Waals surface area contributed by atoms with E-state index in [4.69, 9.17) is 16.3 Å². The smallest absolute Gasteiger partial charge is 0.305 e. The summed E-state index contributed by atoms with van der Waals surface area (Å²) in [5, 5.41) is 11.4. The number of ether oxygens (including phenoxy) is 1. The average molecular weight is 316 g/mol. The first-order chi connectivity index (χ1) is 10.7. The molecule has 0 spiro atoms. The minimum absolute atomic E-state index is 0.236. The van der Waals surface area contributed by atoms with Crippen LogP contribution in [0.1, 0.15) is 12.0 Å². The van der Waals surface area contributed by atoms with E-state index in [1.165, 1.54) is 7.11 Å². The van der Waals surface area contributed by atoms with Crippen LogP contribution in [0.25, 0.3) is 22.2 Å². The summed E-state index contributed by atoms with van der Waals surface area (Å²) in [4.78, 5) is 11.4. The molecule has 3 rings (SSSR count). The van der Waals surface area contributed by atoms with E-state index in [1.807, 2.05) is 36.4 Å². The zero-order valence-corrected chi connectivity index (χ0v) is 12.7. The number of nitrogens with one attached hydrogen (secondary N) is 1. The van der Waals surface area contributed by atoms with Crippen molar-refractivity contribution < 1.29 is 9.53 Å². The normalized spacial score (nSPS) is 10.8. The molecule has 0 aliphatic carbocycles. The van der Waals surface area contributed by atoms with Gasteiger partial charge in [-0.15, -0.1) is 5.10 Å². The summed E-state index contributed by atoms with van der Waals surface area (Å²) in [7, 11) is 1.39. The van der Waals surface area contributed by atoms with Crippen molar-refractivity contribution in [2.75, 3.05) is 7.11 Å². The predicted molar refractivity (Wildman–Crippen MR) is 84.7 cm³/mol. The Hall–Kier alpha value is -2.40. The number of H-pyrrole nitrogens is 1. The van der Waals surface area contributed by atoms with Crippen molar-refractivity contribution in [2.45, 2.75) is 12.8 Å². The fourth-order valence-corrected chi connectivity index (χ4v) is 2.72. The van der Waals surface area contributed by atoms with Crippen LogP contribution in [0.15, 0.2) is 36.4 Å². The van der Waals surface area contributed by atoms with Crippen LogP contribution >= 0.6 is 11.6 Å². The van der Waals surface area contributed by atoms with Crippen molar-refractivity contribution in [3.05, 3.63) is 47.0 Å². The van der Waals surface area contributed by atoms with Crippen LogP contribution in [0.4, 0.5) is 0 Å². The Morgan fingerprint density at radius 1 is 1.27 bits per heavy atom. The third-order valence-corrected chi connectivity index (χ3v) is 3.88. The number of benzene rings is 2. The average Bonchev–Trinajstić information content (AvgIpc) is 3.01. The minimum atomic E-state index is -0.236. The summed E-state index contributed by atoms with van der Waals surface area (Å²) in [6, 6.07) is 11.5. The summed E-state index contributed by atoms with van der Waals surface area (Å²) < 4.78 is 4.71. The second-order valence-electron chi connectivity index (χ2n) is 4.86. The molecule has 22 heavy (non-hydrogen) atoms. The molecule has 0 aliphatic heterocycles. The van der Waals surface area contributed by atoms with Gasteiger partial charge in [-0.25, -0.2) is 0 Å². The molecule has 1 aromatic heterocycles. The Bertz CT molecular complexity index is 829. The Morgan fingerprint density at radius 3 is 2.91 bits per heavy atom. The van der Waals surface area contributed by atoms with Gasteiger partial charge in [0.1, 0.15) is 5.52 Å². The van der Waals surface area contributed by atoms with Crippen LogP contribution in [0.5, 0.6) is 0 Å². The van der Waals surface area contributed by atoms with Crippen LogP contribution in [0.2, 0.25) is 5.02 Å². The molecule has 5 nitrogen and oxygen atoms in total. The maximum Gasteiger partial charge on any atom is 0.305 e. The summed E-state index contributed by atoms with van der Waals surface area (Å²) in [5.41, 5.74) is 4.34. The predicted octanol–water partition coefficient (Wildman–Crippen LogP) is 3.38. The lowest BCUT2D eigenvalue weighted by atomic mass is 9.95. The van der Waals surface area contributed by atoms with E-state index in [1.54, 1.807) is 0 Å². The van der Waals surface area contributed by atoms with E-state index in [9.17, 15) is 4.79 Å². The highest BCUT2D eigenvalue weighted by Crippen LogP contribution is 2.35. The Labute approximate surface area is 132 Å². The maximum absolute atomic E-state index is 11.4. The number of aryl methyl sites for hydroxylation is 1. The molecule has 0 saturated heterocycles. The lowest BCUT2D eigenvalue weighted by molar-refractivity contribution is -0.140. The molecule has 0 atom stereocenters. The van der Waals surface area contributed by atoms with E-state index in [2.05, 4.69) is 15.4 Å². The largest absolute Gasteiger partial charge is 0.469 e. The van der Waals surface area contributed by atoms with E-state index >= 15 is 0 Å². The van der Waals surface area contributed by atoms with Gasteiger partial charge in [0.05, 0.1) is 17.6 Å². The van der Waals surface area contributed by atoms with E-state index < -0.39 is 0 Å². The minimum Gasteiger partial charge on any atom is -0.469 e. The van der Waals surface area contributed by atoms with Crippen molar-refractivity contribution in [2.24, 2.45) is 0 Å². The molecule has 1 N–H and O–H groups in total. The number of fused-ring (bicyclic) bond motifs is 1. The molecule has 112 valence electrons. The van der Waals surface area contributed by atoms with Gasteiger partial charge < -0.3 is 4.74 Å². The van der Waals surface area contributed by atoms with Crippen molar-refractivity contribution in [3.8, 4) is 11.1 Å². The molecule has 0 saturated carbocycles. The van der Waals surface area contributed by atoms with Gasteiger partial charge in [0.15, 0.2) is 0 Å². The number of halogens is 1. The first-order valence-corrected chi connectivity index (χ1v) is 7.23. The van der Waals surface area contributed by atoms with Crippen molar-refractivity contribution in [1.82, 2.24) is 15.4 Å². The van der Waals surface area contributed by atoms with Gasteiger partial charge in [-0.2, -0.15) is 0 Å². The number of carbonyl (C=O) groups excluding carboxylic acids is 1. The van der Waals surface area contributed by atoms with Gasteiger partial charge >= 0.3 is 5.97 Å². The summed E-state index contributed by atoms with van der Waals surface area (Å²) in [6.45, 7) is 0. The number of methoxy groups -OCH3 is 1. The van der Waals surface area contributed by atoms with E-state index in [-0.39, 0.29) is 5.97 Å². The number of carbonyl (C=O) groups is 1. The van der Waals surface area contributed by atoms with Crippen LogP contribution in [0, 0.1) is 0 Å². The third-order valence-electron chi connectivity index (χ3n) is 3.56. The zero-order chi connectivity index (χ0) is 15.5. The van der Waals surface area contributed by atoms with Crippen molar-refractivity contribution in [3.63, 3.8) is 0 Å². The number of esters is 1. The van der Waals surface area contributed by atoms with Crippen LogP contribution in [0.3, 0.4) is 0 Å². The molecule has 0 aliphatic rings. The van der Waals surface area contributed by atoms with Gasteiger partial charge in [-0.05, 0) is 29.7 Å². The molecular weight excluding hydrogens is 302 g/mol. The topological polar surface area (TPSA) is 67.9 Å². The third kappa shape index (κ3) is 2.67. The number of rotatable bonds is 4. The molecule has 0 fully saturated rings. The number of hydrogen-bond acceptors (Lipinski definition) is 4. The quantitative estimate of drug-likeness (QED) is 0.749. The Morgan fingerprint density at radius 2 is 2.09 bits per heavy atom. The first kappa shape index (κ1) is 14.5. The monoisotopic (exact) mass is 315 g/mol. The highest BCUT2D eigenvalue weighted by molar-refractivity contribution is 6.34. The molecule has 0 radical (unpaired) electrons. The number of hydrogen-bond donors (Lipinski definition) is 1. The van der Waals surface area contributed by atoms with Gasteiger partial charge in [0.2, 0.25) is 0 Å². The fraction of sp³-hybridized carbons (Fsp3) is 0.188. The lowest BCUT2D eigenvalue weighted by Crippen LogP contribution is -2.03. The molecule has 2 aromatic carbocycles. The first-order valence-electron chi connectivity index (χ1n) is 6.85. The fourth-order valence-electron chi connectivity index (χ4n) is 2.47. The van der Waals surface area contributed by atoms with E-state index in [0.717, 1.165) is 27.7 Å². The zero-order valence-electron chi connectivity index (χ0n) is 12.0. The van der Waals surface area contributed by atoms with Gasteiger partial charge in [-0.1, -0.05) is 41.1 Å². The number of aromatic nitrogens is 3. The maximum atomic E-state index is 11.4. The number of nitrogens with zero attached hydrogens (tertiary/aromatic N) is 2. The Kier molecular flexibility index (Phi) is 4.06. The Balaban J connectivity index is 2.09. The highest BCUT2D eigenvalue weighted by Gasteiger charge is 2.15. The highest BCUT2D eigenvalue weighted by atomic mass is 35.5. The molecular formula is C16H14ClN3O2. The molecule has 6 heteroatoms. The van der Waals surface area contributed by atoms with Crippen molar-refractivity contribution >= 4 is 28.6 Å². The lowest BCUT2D eigenvalue weighted by Gasteiger charge is -2.11. The van der Waals surface area contributed by atoms with Crippen LogP contribution in [-0.2, 0) is 16.0 Å². The number of aromatic amines is 1. The molecule has 3 aromatic rings. The van der Waals surface area contributed by atoms with Crippen LogP contribution in [-0.4, -0.2) is 28.5 Å². The van der Waals surface area contributed by atoms with Gasteiger partial charge in [0, 0.05) is 12.0 Å². The molecule has 0 amide bonds. The summed E-state index contributed by atoms with van der Waals surface area (Å²) in [6.07, 6.45) is 0.896. The second-order valence-corrected chi connectivity index (χ2v) is 5.27. The standard InChI is InChI=1S/C16H14ClN3O2/c1-22-14(21)9-6-10-4-2-3-5-11(10)15-12(17)7-8-13-16(15)19-20-18-13/h2-5,7-8H,6,9H2,1H3,(H,18,19,20). The molecule has 0 unspecified atom stereocenters. The molecule has 1 heterocycles. The van der Waals surface area contributed by atoms with E-state index in [0.29, 0.717) is 17.9 Å². The molecule has 0 bridgehead atoms. The van der Waals surface area contributed by atoms with Gasteiger partial charge in [0.25, 0.3) is 0 Å². The second kappa shape index (κ2) is 6.15.